The first-order valence-electron chi connectivity index (χ1n) is 6.01. The number of rotatable bonds is 4. The van der Waals surface area contributed by atoms with Crippen LogP contribution in [-0.4, -0.2) is 9.97 Å². The normalized spacial score (nSPS) is 10.4. The first-order chi connectivity index (χ1) is 8.72. The summed E-state index contributed by atoms with van der Waals surface area (Å²) in [5, 5.41) is 0. The van der Waals surface area contributed by atoms with Gasteiger partial charge in [0.05, 0.1) is 0 Å². The molecular formula is C14H17N3O. The molecule has 0 aliphatic heterocycles. The molecule has 1 aromatic carbocycles. The molecule has 0 amide bonds. The Hall–Kier alpha value is -1.94. The summed E-state index contributed by atoms with van der Waals surface area (Å²) in [5.74, 6) is 1.36. The second-order valence-electron chi connectivity index (χ2n) is 4.11. The predicted molar refractivity (Wildman–Crippen MR) is 70.6 cm³/mol. The average Bonchev–Trinajstić information content (AvgIpc) is 2.41. The van der Waals surface area contributed by atoms with E-state index in [0.29, 0.717) is 12.4 Å². The lowest BCUT2D eigenvalue weighted by Gasteiger charge is -2.09. The van der Waals surface area contributed by atoms with Gasteiger partial charge in [-0.15, -0.1) is 0 Å². The number of benzene rings is 1. The van der Waals surface area contributed by atoms with Gasteiger partial charge in [0.1, 0.15) is 12.1 Å². The van der Waals surface area contributed by atoms with Gasteiger partial charge in [-0.2, -0.15) is 0 Å². The Balaban J connectivity index is 2.27. The Kier molecular flexibility index (Phi) is 3.89. The van der Waals surface area contributed by atoms with E-state index in [1.54, 1.807) is 0 Å². The van der Waals surface area contributed by atoms with E-state index in [-0.39, 0.29) is 0 Å². The van der Waals surface area contributed by atoms with E-state index in [1.807, 2.05) is 38.1 Å². The largest absolute Gasteiger partial charge is 0.439 e. The lowest BCUT2D eigenvalue weighted by Crippen LogP contribution is -1.98. The van der Waals surface area contributed by atoms with E-state index in [0.717, 1.165) is 29.0 Å². The Labute approximate surface area is 107 Å². The fourth-order valence-corrected chi connectivity index (χ4v) is 1.62. The van der Waals surface area contributed by atoms with Crippen molar-refractivity contribution in [3.63, 3.8) is 0 Å². The molecule has 1 aromatic heterocycles. The summed E-state index contributed by atoms with van der Waals surface area (Å²) in [4.78, 5) is 8.26. The Bertz CT molecular complexity index is 540. The molecule has 94 valence electrons. The van der Waals surface area contributed by atoms with Gasteiger partial charge in [0.15, 0.2) is 0 Å². The van der Waals surface area contributed by atoms with Crippen molar-refractivity contribution in [2.24, 2.45) is 5.73 Å². The molecule has 0 fully saturated rings. The Morgan fingerprint density at radius 3 is 2.78 bits per heavy atom. The lowest BCUT2D eigenvalue weighted by atomic mass is 10.1. The molecule has 4 heteroatoms. The van der Waals surface area contributed by atoms with E-state index in [9.17, 15) is 0 Å². The van der Waals surface area contributed by atoms with Crippen LogP contribution in [0, 0.1) is 6.92 Å². The molecule has 0 aliphatic carbocycles. The minimum atomic E-state index is 0.501. The van der Waals surface area contributed by atoms with Crippen LogP contribution in [0.3, 0.4) is 0 Å². The number of ether oxygens (including phenoxy) is 1. The SMILES string of the molecule is CCc1cc(Oc2cc(CN)ccc2C)ncn1. The highest BCUT2D eigenvalue weighted by molar-refractivity contribution is 5.38. The first kappa shape index (κ1) is 12.5. The van der Waals surface area contributed by atoms with Gasteiger partial charge < -0.3 is 10.5 Å². The molecule has 0 spiro atoms. The maximum Gasteiger partial charge on any atom is 0.222 e. The molecule has 2 N–H and O–H groups in total. The van der Waals surface area contributed by atoms with Crippen molar-refractivity contribution in [1.29, 1.82) is 0 Å². The fourth-order valence-electron chi connectivity index (χ4n) is 1.62. The number of aryl methyl sites for hydroxylation is 2. The molecule has 0 unspecified atom stereocenters. The summed E-state index contributed by atoms with van der Waals surface area (Å²) in [6.07, 6.45) is 2.39. The minimum Gasteiger partial charge on any atom is -0.439 e. The summed E-state index contributed by atoms with van der Waals surface area (Å²) < 4.78 is 5.79. The smallest absolute Gasteiger partial charge is 0.222 e. The van der Waals surface area contributed by atoms with Crippen LogP contribution >= 0.6 is 0 Å². The Morgan fingerprint density at radius 1 is 1.22 bits per heavy atom. The van der Waals surface area contributed by atoms with Crippen LogP contribution in [0.5, 0.6) is 11.6 Å². The molecule has 2 aromatic rings. The highest BCUT2D eigenvalue weighted by atomic mass is 16.5. The summed E-state index contributed by atoms with van der Waals surface area (Å²) >= 11 is 0. The van der Waals surface area contributed by atoms with E-state index in [2.05, 4.69) is 9.97 Å². The number of hydrogen-bond acceptors (Lipinski definition) is 4. The quantitative estimate of drug-likeness (QED) is 0.896. The zero-order chi connectivity index (χ0) is 13.0. The van der Waals surface area contributed by atoms with Gasteiger partial charge in [-0.25, -0.2) is 9.97 Å². The summed E-state index contributed by atoms with van der Waals surface area (Å²) in [6, 6.07) is 7.80. The van der Waals surface area contributed by atoms with E-state index in [1.165, 1.54) is 6.33 Å². The molecule has 0 bridgehead atoms. The van der Waals surface area contributed by atoms with E-state index >= 15 is 0 Å². The van der Waals surface area contributed by atoms with Gasteiger partial charge in [-0.3, -0.25) is 0 Å². The second-order valence-corrected chi connectivity index (χ2v) is 4.11. The van der Waals surface area contributed by atoms with Crippen LogP contribution in [0.25, 0.3) is 0 Å². The molecule has 2 rings (SSSR count). The van der Waals surface area contributed by atoms with Crippen LogP contribution in [0.15, 0.2) is 30.6 Å². The maximum absolute atomic E-state index is 5.79. The molecule has 4 nitrogen and oxygen atoms in total. The van der Waals surface area contributed by atoms with Crippen molar-refractivity contribution in [2.75, 3.05) is 0 Å². The number of nitrogens with zero attached hydrogens (tertiary/aromatic N) is 2. The third kappa shape index (κ3) is 2.84. The summed E-state index contributed by atoms with van der Waals surface area (Å²) in [7, 11) is 0. The van der Waals surface area contributed by atoms with Crippen LogP contribution in [-0.2, 0) is 13.0 Å². The predicted octanol–water partition coefficient (Wildman–Crippen LogP) is 2.60. The molecule has 0 aliphatic rings. The molecule has 0 radical (unpaired) electrons. The first-order valence-corrected chi connectivity index (χ1v) is 6.01. The van der Waals surface area contributed by atoms with Crippen molar-refractivity contribution >= 4 is 0 Å². The third-order valence-corrected chi connectivity index (χ3v) is 2.76. The fraction of sp³-hybridized carbons (Fsp3) is 0.286. The Morgan fingerprint density at radius 2 is 2.06 bits per heavy atom. The van der Waals surface area contributed by atoms with Gasteiger partial charge in [-0.05, 0) is 30.5 Å². The average molecular weight is 243 g/mol. The molecule has 0 saturated carbocycles. The zero-order valence-corrected chi connectivity index (χ0v) is 10.7. The number of nitrogens with two attached hydrogens (primary N) is 1. The van der Waals surface area contributed by atoms with E-state index < -0.39 is 0 Å². The van der Waals surface area contributed by atoms with Gasteiger partial charge >= 0.3 is 0 Å². The standard InChI is InChI=1S/C14H17N3O/c1-3-12-7-14(17-9-16-12)18-13-6-11(8-15)5-4-10(13)2/h4-7,9H,3,8,15H2,1-2H3. The van der Waals surface area contributed by atoms with Crippen LogP contribution < -0.4 is 10.5 Å². The van der Waals surface area contributed by atoms with Crippen LogP contribution in [0.2, 0.25) is 0 Å². The molecule has 1 heterocycles. The lowest BCUT2D eigenvalue weighted by molar-refractivity contribution is 0.456. The molecule has 18 heavy (non-hydrogen) atoms. The second kappa shape index (κ2) is 5.60. The van der Waals surface area contributed by atoms with Crippen molar-refractivity contribution in [1.82, 2.24) is 9.97 Å². The number of hydrogen-bond donors (Lipinski definition) is 1. The van der Waals surface area contributed by atoms with Crippen molar-refractivity contribution in [3.05, 3.63) is 47.4 Å². The maximum atomic E-state index is 5.79. The molecule has 0 atom stereocenters. The topological polar surface area (TPSA) is 61.0 Å². The van der Waals surface area contributed by atoms with Gasteiger partial charge in [-0.1, -0.05) is 19.1 Å². The van der Waals surface area contributed by atoms with Crippen LogP contribution in [0.4, 0.5) is 0 Å². The van der Waals surface area contributed by atoms with E-state index in [4.69, 9.17) is 10.5 Å². The minimum absolute atomic E-state index is 0.501. The summed E-state index contributed by atoms with van der Waals surface area (Å²) in [6.45, 7) is 4.55. The van der Waals surface area contributed by atoms with Crippen molar-refractivity contribution < 1.29 is 4.74 Å². The van der Waals surface area contributed by atoms with Gasteiger partial charge in [0.25, 0.3) is 0 Å². The molecular weight excluding hydrogens is 226 g/mol. The highest BCUT2D eigenvalue weighted by Gasteiger charge is 2.04. The zero-order valence-electron chi connectivity index (χ0n) is 10.7. The summed E-state index contributed by atoms with van der Waals surface area (Å²) in [5.41, 5.74) is 8.69. The van der Waals surface area contributed by atoms with Gasteiger partial charge in [0.2, 0.25) is 5.88 Å². The molecule has 0 saturated heterocycles. The number of aromatic nitrogens is 2. The monoisotopic (exact) mass is 243 g/mol. The van der Waals surface area contributed by atoms with Gasteiger partial charge in [0, 0.05) is 18.3 Å². The van der Waals surface area contributed by atoms with Crippen molar-refractivity contribution in [2.45, 2.75) is 26.8 Å². The van der Waals surface area contributed by atoms with Crippen LogP contribution in [0.1, 0.15) is 23.7 Å². The third-order valence-electron chi connectivity index (χ3n) is 2.76. The highest BCUT2D eigenvalue weighted by Crippen LogP contribution is 2.24. The van der Waals surface area contributed by atoms with Crippen molar-refractivity contribution in [3.8, 4) is 11.6 Å².